The van der Waals surface area contributed by atoms with Crippen molar-refractivity contribution >= 4 is 28.9 Å². The van der Waals surface area contributed by atoms with Crippen LogP contribution < -0.4 is 14.8 Å². The van der Waals surface area contributed by atoms with E-state index in [-0.39, 0.29) is 16.5 Å². The summed E-state index contributed by atoms with van der Waals surface area (Å²) < 4.78 is 10.6. The number of ether oxygens (including phenoxy) is 2. The first kappa shape index (κ1) is 17.6. The van der Waals surface area contributed by atoms with Crippen LogP contribution in [0.4, 0.5) is 11.4 Å². The SMILES string of the molecule is COc1ccccc1NC(=O)[C@@H](C)Oc1ccc([N+](=O)[O-])cc1Cl. The number of nitrogens with one attached hydrogen (secondary N) is 1. The summed E-state index contributed by atoms with van der Waals surface area (Å²) in [6, 6.07) is 10.7. The minimum atomic E-state index is -0.867. The summed E-state index contributed by atoms with van der Waals surface area (Å²) in [7, 11) is 1.50. The summed E-state index contributed by atoms with van der Waals surface area (Å²) in [5.41, 5.74) is 0.355. The molecule has 0 saturated carbocycles. The molecule has 8 heteroatoms. The molecule has 0 bridgehead atoms. The number of nitro groups is 1. The number of halogens is 1. The van der Waals surface area contributed by atoms with Crippen LogP contribution in [0.1, 0.15) is 6.92 Å². The third-order valence-corrected chi connectivity index (χ3v) is 3.46. The monoisotopic (exact) mass is 350 g/mol. The highest BCUT2D eigenvalue weighted by Crippen LogP contribution is 2.30. The normalized spacial score (nSPS) is 11.5. The molecule has 0 radical (unpaired) electrons. The van der Waals surface area contributed by atoms with Gasteiger partial charge in [0.05, 0.1) is 22.7 Å². The van der Waals surface area contributed by atoms with Gasteiger partial charge in [0.15, 0.2) is 6.10 Å². The first-order valence-electron chi connectivity index (χ1n) is 6.97. The number of para-hydroxylation sites is 2. The Kier molecular flexibility index (Phi) is 5.59. The summed E-state index contributed by atoms with van der Waals surface area (Å²) >= 11 is 5.95. The molecule has 2 aromatic rings. The predicted octanol–water partition coefficient (Wildman–Crippen LogP) is 3.66. The van der Waals surface area contributed by atoms with Gasteiger partial charge in [0.1, 0.15) is 11.5 Å². The van der Waals surface area contributed by atoms with E-state index >= 15 is 0 Å². The van der Waals surface area contributed by atoms with Crippen molar-refractivity contribution in [2.75, 3.05) is 12.4 Å². The maximum absolute atomic E-state index is 12.2. The molecule has 0 fully saturated rings. The number of hydrogen-bond acceptors (Lipinski definition) is 5. The molecule has 0 aliphatic heterocycles. The van der Waals surface area contributed by atoms with Crippen molar-refractivity contribution in [1.82, 2.24) is 0 Å². The van der Waals surface area contributed by atoms with E-state index in [4.69, 9.17) is 21.1 Å². The predicted molar refractivity (Wildman–Crippen MR) is 89.8 cm³/mol. The van der Waals surface area contributed by atoms with Gasteiger partial charge in [-0.05, 0) is 25.1 Å². The molecule has 126 valence electrons. The van der Waals surface area contributed by atoms with Crippen molar-refractivity contribution in [3.05, 3.63) is 57.6 Å². The fourth-order valence-electron chi connectivity index (χ4n) is 1.93. The number of carbonyl (C=O) groups is 1. The van der Waals surface area contributed by atoms with Crippen LogP contribution in [-0.4, -0.2) is 24.0 Å². The molecule has 0 aliphatic rings. The highest BCUT2D eigenvalue weighted by molar-refractivity contribution is 6.32. The molecule has 0 heterocycles. The van der Waals surface area contributed by atoms with Crippen LogP contribution in [-0.2, 0) is 4.79 Å². The highest BCUT2D eigenvalue weighted by atomic mass is 35.5. The van der Waals surface area contributed by atoms with Crippen molar-refractivity contribution in [1.29, 1.82) is 0 Å². The van der Waals surface area contributed by atoms with Crippen molar-refractivity contribution in [3.8, 4) is 11.5 Å². The van der Waals surface area contributed by atoms with Crippen molar-refractivity contribution in [2.45, 2.75) is 13.0 Å². The lowest BCUT2D eigenvalue weighted by molar-refractivity contribution is -0.384. The molecule has 1 atom stereocenters. The number of nitro benzene ring substituents is 1. The van der Waals surface area contributed by atoms with E-state index in [0.717, 1.165) is 0 Å². The minimum Gasteiger partial charge on any atom is -0.495 e. The standard InChI is InChI=1S/C16H15ClN2O5/c1-10(16(20)18-13-5-3-4-6-15(13)23-2)24-14-8-7-11(19(21)22)9-12(14)17/h3-10H,1-2H3,(H,18,20)/t10-/m1/s1. The zero-order valence-corrected chi connectivity index (χ0v) is 13.7. The Balaban J connectivity index is 2.08. The lowest BCUT2D eigenvalue weighted by Gasteiger charge is -2.16. The highest BCUT2D eigenvalue weighted by Gasteiger charge is 2.19. The average molecular weight is 351 g/mol. The van der Waals surface area contributed by atoms with Gasteiger partial charge < -0.3 is 14.8 Å². The molecule has 0 spiro atoms. The average Bonchev–Trinajstić information content (AvgIpc) is 2.56. The van der Waals surface area contributed by atoms with Crippen LogP contribution in [0, 0.1) is 10.1 Å². The topological polar surface area (TPSA) is 90.7 Å². The maximum atomic E-state index is 12.2. The van der Waals surface area contributed by atoms with Crippen molar-refractivity contribution in [3.63, 3.8) is 0 Å². The number of rotatable bonds is 6. The number of methoxy groups -OCH3 is 1. The van der Waals surface area contributed by atoms with E-state index in [9.17, 15) is 14.9 Å². The Morgan fingerprint density at radius 3 is 2.58 bits per heavy atom. The minimum absolute atomic E-state index is 0.0566. The van der Waals surface area contributed by atoms with Crippen molar-refractivity contribution < 1.29 is 19.2 Å². The smallest absolute Gasteiger partial charge is 0.271 e. The molecule has 2 aromatic carbocycles. The van der Waals surface area contributed by atoms with Gasteiger partial charge in [-0.15, -0.1) is 0 Å². The van der Waals surface area contributed by atoms with Gasteiger partial charge in [0, 0.05) is 12.1 Å². The molecular formula is C16H15ClN2O5. The molecule has 0 aromatic heterocycles. The van der Waals surface area contributed by atoms with Crippen LogP contribution in [0.3, 0.4) is 0 Å². The molecule has 2 rings (SSSR count). The third-order valence-electron chi connectivity index (χ3n) is 3.16. The third kappa shape index (κ3) is 4.14. The quantitative estimate of drug-likeness (QED) is 0.634. The van der Waals surface area contributed by atoms with Gasteiger partial charge in [-0.2, -0.15) is 0 Å². The summed E-state index contributed by atoms with van der Waals surface area (Å²) in [4.78, 5) is 22.4. The first-order chi connectivity index (χ1) is 11.4. The van der Waals surface area contributed by atoms with Gasteiger partial charge in [0.25, 0.3) is 11.6 Å². The van der Waals surface area contributed by atoms with E-state index in [1.165, 1.54) is 25.3 Å². The summed E-state index contributed by atoms with van der Waals surface area (Å²) in [5, 5.41) is 13.4. The molecule has 0 aliphatic carbocycles. The van der Waals surface area contributed by atoms with E-state index in [1.54, 1.807) is 31.2 Å². The first-order valence-corrected chi connectivity index (χ1v) is 7.34. The second-order valence-corrected chi connectivity index (χ2v) is 5.23. The number of amides is 1. The fourth-order valence-corrected chi connectivity index (χ4v) is 2.14. The number of benzene rings is 2. The summed E-state index contributed by atoms with van der Waals surface area (Å²) in [5.74, 6) is 0.297. The Hall–Kier alpha value is -2.80. The number of hydrogen-bond donors (Lipinski definition) is 1. The number of non-ortho nitro benzene ring substituents is 1. The second-order valence-electron chi connectivity index (χ2n) is 4.82. The van der Waals surface area contributed by atoms with E-state index < -0.39 is 16.9 Å². The van der Waals surface area contributed by atoms with Crippen LogP contribution in [0.15, 0.2) is 42.5 Å². The number of carbonyl (C=O) groups excluding carboxylic acids is 1. The zero-order chi connectivity index (χ0) is 17.7. The Morgan fingerprint density at radius 1 is 1.25 bits per heavy atom. The van der Waals surface area contributed by atoms with Crippen LogP contribution >= 0.6 is 11.6 Å². The molecule has 1 amide bonds. The Morgan fingerprint density at radius 2 is 1.96 bits per heavy atom. The number of anilines is 1. The molecule has 0 saturated heterocycles. The van der Waals surface area contributed by atoms with E-state index in [2.05, 4.69) is 5.32 Å². The van der Waals surface area contributed by atoms with Crippen LogP contribution in [0.25, 0.3) is 0 Å². The summed E-state index contributed by atoms with van der Waals surface area (Å²) in [6.45, 7) is 1.54. The molecule has 1 N–H and O–H groups in total. The zero-order valence-electron chi connectivity index (χ0n) is 13.0. The van der Waals surface area contributed by atoms with E-state index in [0.29, 0.717) is 11.4 Å². The fraction of sp³-hybridized carbons (Fsp3) is 0.188. The van der Waals surface area contributed by atoms with Crippen LogP contribution in [0.2, 0.25) is 5.02 Å². The van der Waals surface area contributed by atoms with Gasteiger partial charge in [-0.1, -0.05) is 23.7 Å². The number of nitrogens with zero attached hydrogens (tertiary/aromatic N) is 1. The lowest BCUT2D eigenvalue weighted by atomic mass is 10.2. The molecular weight excluding hydrogens is 336 g/mol. The van der Waals surface area contributed by atoms with Crippen molar-refractivity contribution in [2.24, 2.45) is 0 Å². The van der Waals surface area contributed by atoms with Gasteiger partial charge >= 0.3 is 0 Å². The Labute approximate surface area is 143 Å². The molecule has 24 heavy (non-hydrogen) atoms. The lowest BCUT2D eigenvalue weighted by Crippen LogP contribution is -2.30. The van der Waals surface area contributed by atoms with Gasteiger partial charge in [-0.25, -0.2) is 0 Å². The Bertz CT molecular complexity index is 766. The second kappa shape index (κ2) is 7.65. The molecule has 7 nitrogen and oxygen atoms in total. The van der Waals surface area contributed by atoms with E-state index in [1.807, 2.05) is 0 Å². The largest absolute Gasteiger partial charge is 0.495 e. The van der Waals surface area contributed by atoms with Gasteiger partial charge in [-0.3, -0.25) is 14.9 Å². The van der Waals surface area contributed by atoms with Crippen LogP contribution in [0.5, 0.6) is 11.5 Å². The van der Waals surface area contributed by atoms with Gasteiger partial charge in [0.2, 0.25) is 0 Å². The molecule has 0 unspecified atom stereocenters. The summed E-state index contributed by atoms with van der Waals surface area (Å²) in [6.07, 6.45) is -0.867. The maximum Gasteiger partial charge on any atom is 0.271 e.